The minimum atomic E-state index is -1.66. The van der Waals surface area contributed by atoms with Crippen molar-refractivity contribution < 1.29 is 9.16 Å². The van der Waals surface area contributed by atoms with E-state index in [1.54, 1.807) is 0 Å². The molecular formula is C17H28O2SSi. The lowest BCUT2D eigenvalue weighted by Crippen LogP contribution is -2.42. The van der Waals surface area contributed by atoms with Crippen LogP contribution in [0, 0.1) is 0 Å². The normalized spacial score (nSPS) is 23.5. The minimum absolute atomic E-state index is 0.264. The van der Waals surface area contributed by atoms with Crippen LogP contribution in [0.3, 0.4) is 0 Å². The van der Waals surface area contributed by atoms with E-state index < -0.39 is 8.32 Å². The highest BCUT2D eigenvalue weighted by Gasteiger charge is 2.38. The fourth-order valence-electron chi connectivity index (χ4n) is 2.05. The summed E-state index contributed by atoms with van der Waals surface area (Å²) in [5.74, 6) is 0. The SMILES string of the molecule is CC(C)(C)[Si](C)(C)OC[C@@H]1CCC(Sc2ccccc2)O1. The summed E-state index contributed by atoms with van der Waals surface area (Å²) in [5.41, 5.74) is 0.278. The molecule has 1 aromatic carbocycles. The lowest BCUT2D eigenvalue weighted by atomic mass is 10.2. The molecule has 1 heterocycles. The van der Waals surface area contributed by atoms with Crippen molar-refractivity contribution in [2.45, 2.75) is 68.2 Å². The van der Waals surface area contributed by atoms with Crippen molar-refractivity contribution in [2.24, 2.45) is 0 Å². The van der Waals surface area contributed by atoms with E-state index in [0.717, 1.165) is 19.4 Å². The molecule has 1 aromatic rings. The quantitative estimate of drug-likeness (QED) is 0.684. The summed E-state index contributed by atoms with van der Waals surface area (Å²) < 4.78 is 12.4. The smallest absolute Gasteiger partial charge is 0.192 e. The molecule has 2 rings (SSSR count). The van der Waals surface area contributed by atoms with E-state index in [9.17, 15) is 0 Å². The van der Waals surface area contributed by atoms with Gasteiger partial charge in [0.25, 0.3) is 0 Å². The van der Waals surface area contributed by atoms with E-state index in [1.807, 2.05) is 11.8 Å². The molecule has 0 saturated carbocycles. The number of benzene rings is 1. The van der Waals surface area contributed by atoms with Crippen LogP contribution in [0.25, 0.3) is 0 Å². The van der Waals surface area contributed by atoms with Crippen molar-refractivity contribution in [1.29, 1.82) is 0 Å². The van der Waals surface area contributed by atoms with Gasteiger partial charge in [-0.25, -0.2) is 0 Å². The van der Waals surface area contributed by atoms with Gasteiger partial charge in [0.15, 0.2) is 8.32 Å². The Morgan fingerprint density at radius 1 is 1.19 bits per heavy atom. The Kier molecular flexibility index (Phi) is 5.58. The third kappa shape index (κ3) is 4.85. The summed E-state index contributed by atoms with van der Waals surface area (Å²) in [4.78, 5) is 1.29. The Morgan fingerprint density at radius 2 is 1.86 bits per heavy atom. The monoisotopic (exact) mass is 324 g/mol. The Labute approximate surface area is 134 Å². The maximum absolute atomic E-state index is 6.28. The third-order valence-electron chi connectivity index (χ3n) is 4.52. The van der Waals surface area contributed by atoms with Crippen LogP contribution in [0.5, 0.6) is 0 Å². The van der Waals surface area contributed by atoms with Crippen LogP contribution >= 0.6 is 11.8 Å². The highest BCUT2D eigenvalue weighted by atomic mass is 32.2. The lowest BCUT2D eigenvalue weighted by molar-refractivity contribution is 0.0499. The third-order valence-corrected chi connectivity index (χ3v) is 10.2. The van der Waals surface area contributed by atoms with Crippen LogP contribution in [0.15, 0.2) is 35.2 Å². The van der Waals surface area contributed by atoms with Gasteiger partial charge in [-0.2, -0.15) is 0 Å². The zero-order valence-electron chi connectivity index (χ0n) is 13.9. The van der Waals surface area contributed by atoms with Crippen molar-refractivity contribution in [3.05, 3.63) is 30.3 Å². The Balaban J connectivity index is 1.78. The Morgan fingerprint density at radius 3 is 2.48 bits per heavy atom. The van der Waals surface area contributed by atoms with Gasteiger partial charge in [-0.1, -0.05) is 50.7 Å². The molecular weight excluding hydrogens is 296 g/mol. The second-order valence-corrected chi connectivity index (χ2v) is 13.3. The molecule has 21 heavy (non-hydrogen) atoms. The van der Waals surface area contributed by atoms with Gasteiger partial charge in [0.1, 0.15) is 5.44 Å². The van der Waals surface area contributed by atoms with Crippen molar-refractivity contribution in [2.75, 3.05) is 6.61 Å². The topological polar surface area (TPSA) is 18.5 Å². The molecule has 4 heteroatoms. The van der Waals surface area contributed by atoms with Crippen LogP contribution in [-0.2, 0) is 9.16 Å². The van der Waals surface area contributed by atoms with E-state index in [-0.39, 0.29) is 16.6 Å². The van der Waals surface area contributed by atoms with E-state index in [1.165, 1.54) is 4.90 Å². The van der Waals surface area contributed by atoms with Crippen LogP contribution in [0.4, 0.5) is 0 Å². The number of thioether (sulfide) groups is 1. The van der Waals surface area contributed by atoms with Crippen molar-refractivity contribution >= 4 is 20.1 Å². The predicted octanol–water partition coefficient (Wildman–Crippen LogP) is 5.31. The lowest BCUT2D eigenvalue weighted by Gasteiger charge is -2.36. The van der Waals surface area contributed by atoms with Crippen LogP contribution in [0.2, 0.25) is 18.1 Å². The summed E-state index contributed by atoms with van der Waals surface area (Å²) in [6.07, 6.45) is 2.49. The van der Waals surface area contributed by atoms with Crippen LogP contribution in [0.1, 0.15) is 33.6 Å². The van der Waals surface area contributed by atoms with Gasteiger partial charge in [0.2, 0.25) is 0 Å². The molecule has 1 aliphatic rings. The van der Waals surface area contributed by atoms with Gasteiger partial charge in [-0.05, 0) is 43.1 Å². The molecule has 1 unspecified atom stereocenters. The Hall–Kier alpha value is -0.293. The first kappa shape index (κ1) is 17.1. The van der Waals surface area contributed by atoms with E-state index >= 15 is 0 Å². The number of hydrogen-bond donors (Lipinski definition) is 0. The summed E-state index contributed by atoms with van der Waals surface area (Å²) in [5, 5.41) is 0.268. The molecule has 118 valence electrons. The molecule has 1 aliphatic heterocycles. The summed E-state index contributed by atoms with van der Waals surface area (Å²) in [6, 6.07) is 10.5. The molecule has 0 spiro atoms. The molecule has 0 radical (unpaired) electrons. The van der Waals surface area contributed by atoms with Gasteiger partial charge in [-0.15, -0.1) is 0 Å². The molecule has 2 nitrogen and oxygen atoms in total. The average molecular weight is 325 g/mol. The van der Waals surface area contributed by atoms with Gasteiger partial charge < -0.3 is 9.16 Å². The molecule has 0 aromatic heterocycles. The second kappa shape index (κ2) is 6.86. The number of rotatable bonds is 5. The van der Waals surface area contributed by atoms with Crippen molar-refractivity contribution in [1.82, 2.24) is 0 Å². The van der Waals surface area contributed by atoms with E-state index in [0.29, 0.717) is 0 Å². The standard InChI is InChI=1S/C17H28O2SSi/c1-17(2,3)21(4,5)18-13-14-11-12-16(19-14)20-15-9-7-6-8-10-15/h6-10,14,16H,11-13H2,1-5H3/t14-,16?/m0/s1. The van der Waals surface area contributed by atoms with Crippen molar-refractivity contribution in [3.8, 4) is 0 Å². The summed E-state index contributed by atoms with van der Waals surface area (Å²) in [6.45, 7) is 12.2. The molecule has 0 N–H and O–H groups in total. The first-order valence-electron chi connectivity index (χ1n) is 7.79. The highest BCUT2D eigenvalue weighted by molar-refractivity contribution is 7.99. The zero-order chi connectivity index (χ0) is 15.5. The predicted molar refractivity (Wildman–Crippen MR) is 93.3 cm³/mol. The first-order chi connectivity index (χ1) is 9.78. The Bertz CT molecular complexity index is 442. The maximum Gasteiger partial charge on any atom is 0.192 e. The van der Waals surface area contributed by atoms with Gasteiger partial charge >= 0.3 is 0 Å². The summed E-state index contributed by atoms with van der Waals surface area (Å²) >= 11 is 1.83. The fraction of sp³-hybridized carbons (Fsp3) is 0.647. The van der Waals surface area contributed by atoms with E-state index in [2.05, 4.69) is 64.2 Å². The molecule has 0 aliphatic carbocycles. The molecule has 0 amide bonds. The van der Waals surface area contributed by atoms with Crippen LogP contribution in [-0.4, -0.2) is 26.5 Å². The van der Waals surface area contributed by atoms with Gasteiger partial charge in [0.05, 0.1) is 12.7 Å². The van der Waals surface area contributed by atoms with E-state index in [4.69, 9.17) is 9.16 Å². The minimum Gasteiger partial charge on any atom is -0.414 e. The number of ether oxygens (including phenoxy) is 1. The summed E-state index contributed by atoms with van der Waals surface area (Å²) in [7, 11) is -1.66. The second-order valence-electron chi connectivity index (χ2n) is 7.27. The zero-order valence-corrected chi connectivity index (χ0v) is 15.7. The maximum atomic E-state index is 6.28. The first-order valence-corrected chi connectivity index (χ1v) is 11.6. The van der Waals surface area contributed by atoms with Crippen molar-refractivity contribution in [3.63, 3.8) is 0 Å². The molecule has 0 bridgehead atoms. The van der Waals surface area contributed by atoms with Gasteiger partial charge in [0, 0.05) is 4.90 Å². The molecule has 2 atom stereocenters. The highest BCUT2D eigenvalue weighted by Crippen LogP contribution is 2.38. The molecule has 1 saturated heterocycles. The fourth-order valence-corrected chi connectivity index (χ4v) is 4.17. The van der Waals surface area contributed by atoms with Gasteiger partial charge in [-0.3, -0.25) is 0 Å². The number of hydrogen-bond acceptors (Lipinski definition) is 3. The average Bonchev–Trinajstić information content (AvgIpc) is 2.84. The molecule has 1 fully saturated rings. The largest absolute Gasteiger partial charge is 0.414 e. The van der Waals surface area contributed by atoms with Crippen LogP contribution < -0.4 is 0 Å².